The molecule has 10 nitrogen and oxygen atoms in total. The fourth-order valence-electron chi connectivity index (χ4n) is 5.11. The molecule has 2 bridgehead atoms. The molecule has 224 valence electrons. The lowest BCUT2D eigenvalue weighted by molar-refractivity contribution is -0.144. The third-order valence-corrected chi connectivity index (χ3v) is 7.86. The molecule has 4 amide bonds. The van der Waals surface area contributed by atoms with Crippen molar-refractivity contribution in [1.29, 1.82) is 0 Å². The minimum absolute atomic E-state index is 0.228. The van der Waals surface area contributed by atoms with Gasteiger partial charge in [0.15, 0.2) is 0 Å². The van der Waals surface area contributed by atoms with Gasteiger partial charge in [0.05, 0.1) is 6.04 Å². The highest BCUT2D eigenvalue weighted by molar-refractivity contribution is 5.96. The van der Waals surface area contributed by atoms with Gasteiger partial charge in [-0.25, -0.2) is 0 Å². The number of carbonyl (C=O) groups is 4. The maximum absolute atomic E-state index is 14.0. The van der Waals surface area contributed by atoms with Crippen LogP contribution in [0.2, 0.25) is 0 Å². The van der Waals surface area contributed by atoms with Gasteiger partial charge in [-0.1, -0.05) is 56.3 Å². The fourth-order valence-corrected chi connectivity index (χ4v) is 5.11. The standard InChI is InChI=1S/C32H41N5O5/c1-20(2)27(35-29(38)21(3)36(4)5)32(41)37-18-16-26-28(37)31(40)34-25(19-23-9-7-6-8-10-23)30(39)33-17-15-22-11-13-24(42-26)14-12-22/h6-15,17,20-21,25-28H,16,18-19H2,1-5H3,(H,33,39)(H,34,40)(H,35,38)/b17-15+/t21-,25-,26-,27-,28-/m0/s1. The van der Waals surface area contributed by atoms with Crippen LogP contribution in [0, 0.1) is 5.92 Å². The average molecular weight is 576 g/mol. The molecule has 0 aromatic heterocycles. The average Bonchev–Trinajstić information content (AvgIpc) is 3.39. The molecule has 1 saturated heterocycles. The number of ether oxygens (including phenoxy) is 1. The SMILES string of the molecule is CC(C)[C@H](NC(=O)[C@H](C)N(C)C)C(=O)N1CC[C@@H]2Oc3ccc(cc3)/C=C/NC(=O)[C@H](Cc3ccccc3)NC(=O)[C@H]21. The van der Waals surface area contributed by atoms with Crippen molar-refractivity contribution in [1.82, 2.24) is 25.8 Å². The van der Waals surface area contributed by atoms with E-state index < -0.39 is 36.2 Å². The van der Waals surface area contributed by atoms with E-state index in [4.69, 9.17) is 4.74 Å². The van der Waals surface area contributed by atoms with Gasteiger partial charge >= 0.3 is 0 Å². The van der Waals surface area contributed by atoms with Gasteiger partial charge in [-0.3, -0.25) is 24.1 Å². The Hall–Kier alpha value is -4.18. The molecule has 3 heterocycles. The minimum Gasteiger partial charge on any atom is -0.488 e. The predicted octanol–water partition coefficient (Wildman–Crippen LogP) is 1.95. The van der Waals surface area contributed by atoms with Crippen LogP contribution in [0.15, 0.2) is 60.8 Å². The smallest absolute Gasteiger partial charge is 0.247 e. The number of likely N-dealkylation sites (N-methyl/N-ethyl adjacent to an activating group) is 1. The van der Waals surface area contributed by atoms with Gasteiger partial charge < -0.3 is 25.6 Å². The van der Waals surface area contributed by atoms with E-state index in [9.17, 15) is 19.2 Å². The van der Waals surface area contributed by atoms with Crippen molar-refractivity contribution in [2.24, 2.45) is 5.92 Å². The molecule has 5 atom stereocenters. The summed E-state index contributed by atoms with van der Waals surface area (Å²) in [6.45, 7) is 5.74. The maximum Gasteiger partial charge on any atom is 0.247 e. The largest absolute Gasteiger partial charge is 0.488 e. The molecule has 3 aliphatic rings. The highest BCUT2D eigenvalue weighted by Crippen LogP contribution is 2.27. The molecule has 0 unspecified atom stereocenters. The zero-order valence-corrected chi connectivity index (χ0v) is 24.9. The van der Waals surface area contributed by atoms with Crippen LogP contribution in [0.1, 0.15) is 38.3 Å². The van der Waals surface area contributed by atoms with Gasteiger partial charge in [0.25, 0.3) is 0 Å². The normalized spacial score (nSPS) is 22.8. The number of carbonyl (C=O) groups excluding carboxylic acids is 4. The lowest BCUT2D eigenvalue weighted by Gasteiger charge is -2.33. The van der Waals surface area contributed by atoms with Gasteiger partial charge in [0.1, 0.15) is 30.0 Å². The van der Waals surface area contributed by atoms with Crippen molar-refractivity contribution in [2.75, 3.05) is 20.6 Å². The van der Waals surface area contributed by atoms with E-state index in [1.807, 2.05) is 56.3 Å². The van der Waals surface area contributed by atoms with Crippen LogP contribution < -0.4 is 20.7 Å². The second-order valence-electron chi connectivity index (χ2n) is 11.5. The van der Waals surface area contributed by atoms with E-state index in [1.165, 1.54) is 4.90 Å². The fraction of sp³-hybridized carbons (Fsp3) is 0.438. The second kappa shape index (κ2) is 13.7. The zero-order chi connectivity index (χ0) is 30.4. The van der Waals surface area contributed by atoms with Gasteiger partial charge in [0.2, 0.25) is 23.6 Å². The number of hydrogen-bond acceptors (Lipinski definition) is 6. The molecule has 42 heavy (non-hydrogen) atoms. The van der Waals surface area contributed by atoms with E-state index in [1.54, 1.807) is 50.3 Å². The van der Waals surface area contributed by atoms with E-state index >= 15 is 0 Å². The Bertz CT molecular complexity index is 1290. The summed E-state index contributed by atoms with van der Waals surface area (Å²) in [5, 5.41) is 8.59. The Morgan fingerprint density at radius 2 is 1.71 bits per heavy atom. The van der Waals surface area contributed by atoms with Crippen molar-refractivity contribution in [2.45, 2.75) is 63.9 Å². The molecular weight excluding hydrogens is 534 g/mol. The first-order valence-electron chi connectivity index (χ1n) is 14.4. The number of nitrogens with one attached hydrogen (secondary N) is 3. The summed E-state index contributed by atoms with van der Waals surface area (Å²) < 4.78 is 6.28. The third kappa shape index (κ3) is 7.36. The van der Waals surface area contributed by atoms with Crippen molar-refractivity contribution >= 4 is 29.7 Å². The van der Waals surface area contributed by atoms with Crippen LogP contribution in [0.3, 0.4) is 0 Å². The van der Waals surface area contributed by atoms with Gasteiger partial charge in [-0.05, 0) is 56.3 Å². The van der Waals surface area contributed by atoms with E-state index in [2.05, 4.69) is 16.0 Å². The number of likely N-dealkylation sites (tertiary alicyclic amines) is 1. The molecule has 1 fully saturated rings. The van der Waals surface area contributed by atoms with E-state index in [0.29, 0.717) is 12.2 Å². The van der Waals surface area contributed by atoms with Crippen molar-refractivity contribution < 1.29 is 23.9 Å². The van der Waals surface area contributed by atoms with E-state index in [0.717, 1.165) is 11.1 Å². The molecule has 5 rings (SSSR count). The second-order valence-corrected chi connectivity index (χ2v) is 11.5. The molecular formula is C32H41N5O5. The van der Waals surface area contributed by atoms with Crippen LogP contribution in [0.25, 0.3) is 6.08 Å². The van der Waals surface area contributed by atoms with Gasteiger partial charge in [-0.15, -0.1) is 0 Å². The van der Waals surface area contributed by atoms with Crippen LogP contribution in [-0.2, 0) is 25.6 Å². The summed E-state index contributed by atoms with van der Waals surface area (Å²) in [5.74, 6) is -1.17. The summed E-state index contributed by atoms with van der Waals surface area (Å²) in [6, 6.07) is 13.5. The molecule has 3 aliphatic heterocycles. The Kier molecular flexibility index (Phi) is 10.0. The number of rotatable bonds is 7. The first kappa shape index (κ1) is 30.8. The number of fused-ring (bicyclic) bond motifs is 7. The molecule has 0 radical (unpaired) electrons. The molecule has 2 aromatic rings. The first-order valence-corrected chi connectivity index (χ1v) is 14.4. The number of amides is 4. The lowest BCUT2D eigenvalue weighted by Crippen LogP contribution is -2.60. The summed E-state index contributed by atoms with van der Waals surface area (Å²) >= 11 is 0. The maximum atomic E-state index is 14.0. The molecule has 0 aliphatic carbocycles. The summed E-state index contributed by atoms with van der Waals surface area (Å²) in [4.78, 5) is 57.5. The molecule has 0 saturated carbocycles. The lowest BCUT2D eigenvalue weighted by atomic mass is 10.0. The van der Waals surface area contributed by atoms with Crippen molar-refractivity contribution in [3.8, 4) is 5.75 Å². The topological polar surface area (TPSA) is 120 Å². The summed E-state index contributed by atoms with van der Waals surface area (Å²) in [7, 11) is 3.59. The van der Waals surface area contributed by atoms with E-state index in [-0.39, 0.29) is 36.6 Å². The molecule has 3 N–H and O–H groups in total. The van der Waals surface area contributed by atoms with Crippen molar-refractivity contribution in [3.05, 3.63) is 71.9 Å². The van der Waals surface area contributed by atoms with Gasteiger partial charge in [0, 0.05) is 25.6 Å². The molecule has 10 heteroatoms. The Balaban J connectivity index is 1.66. The zero-order valence-electron chi connectivity index (χ0n) is 24.9. The van der Waals surface area contributed by atoms with Crippen LogP contribution in [0.4, 0.5) is 0 Å². The summed E-state index contributed by atoms with van der Waals surface area (Å²) in [6.07, 6.45) is 3.34. The highest BCUT2D eigenvalue weighted by atomic mass is 16.5. The van der Waals surface area contributed by atoms with Crippen molar-refractivity contribution in [3.63, 3.8) is 0 Å². The molecule has 2 aromatic carbocycles. The van der Waals surface area contributed by atoms with Gasteiger partial charge in [-0.2, -0.15) is 0 Å². The van der Waals surface area contributed by atoms with Crippen LogP contribution >= 0.6 is 0 Å². The minimum atomic E-state index is -1.01. The number of nitrogens with zero attached hydrogens (tertiary/aromatic N) is 2. The quantitative estimate of drug-likeness (QED) is 0.464. The Morgan fingerprint density at radius 1 is 1.02 bits per heavy atom. The highest BCUT2D eigenvalue weighted by Gasteiger charge is 2.46. The third-order valence-electron chi connectivity index (χ3n) is 7.86. The van der Waals surface area contributed by atoms with Crippen LogP contribution in [0.5, 0.6) is 5.75 Å². The Morgan fingerprint density at radius 3 is 2.36 bits per heavy atom. The summed E-state index contributed by atoms with van der Waals surface area (Å²) in [5.41, 5.74) is 1.74. The number of hydrogen-bond donors (Lipinski definition) is 3. The monoisotopic (exact) mass is 575 g/mol. The Labute approximate surface area is 247 Å². The van der Waals surface area contributed by atoms with Crippen LogP contribution in [-0.4, -0.2) is 84.3 Å². The number of benzene rings is 2. The first-order chi connectivity index (χ1) is 20.0. The molecule has 0 spiro atoms. The predicted molar refractivity (Wildman–Crippen MR) is 160 cm³/mol.